The van der Waals surface area contributed by atoms with Crippen molar-refractivity contribution in [2.24, 2.45) is 5.92 Å². The summed E-state index contributed by atoms with van der Waals surface area (Å²) in [6.07, 6.45) is 1.82. The molecule has 0 bridgehead atoms. The standard InChI is InChI=1S/C25H29ClN4O3/c1-17-6-3-4-8-22(17)32-16-18(2)27-25(31)20-7-5-13-30(14-20)15-23-28-24(29-33-23)19-9-11-21(26)12-10-19/h3-4,6,8-12,18,20H,5,7,13-16H2,1-2H3,(H,27,31). The molecule has 0 radical (unpaired) electrons. The molecule has 7 nitrogen and oxygen atoms in total. The Morgan fingerprint density at radius 1 is 1.27 bits per heavy atom. The Balaban J connectivity index is 1.27. The molecule has 2 unspecified atom stereocenters. The van der Waals surface area contributed by atoms with Gasteiger partial charge >= 0.3 is 0 Å². The zero-order valence-corrected chi connectivity index (χ0v) is 19.7. The first-order chi connectivity index (χ1) is 16.0. The minimum absolute atomic E-state index is 0.0629. The van der Waals surface area contributed by atoms with Crippen LogP contribution in [0.5, 0.6) is 5.75 Å². The lowest BCUT2D eigenvalue weighted by molar-refractivity contribution is -0.127. The Hall–Kier alpha value is -2.90. The van der Waals surface area contributed by atoms with Crippen molar-refractivity contribution in [1.29, 1.82) is 0 Å². The number of nitrogens with zero attached hydrogens (tertiary/aromatic N) is 3. The summed E-state index contributed by atoms with van der Waals surface area (Å²) in [6.45, 7) is 6.49. The van der Waals surface area contributed by atoms with Crippen LogP contribution in [0, 0.1) is 12.8 Å². The Bertz CT molecular complexity index is 1070. The highest BCUT2D eigenvalue weighted by Crippen LogP contribution is 2.22. The van der Waals surface area contributed by atoms with Crippen LogP contribution in [-0.2, 0) is 11.3 Å². The lowest BCUT2D eigenvalue weighted by atomic mass is 9.97. The van der Waals surface area contributed by atoms with Crippen molar-refractivity contribution in [1.82, 2.24) is 20.4 Å². The molecule has 1 fully saturated rings. The number of hydrogen-bond donors (Lipinski definition) is 1. The van der Waals surface area contributed by atoms with E-state index in [1.807, 2.05) is 50.2 Å². The van der Waals surface area contributed by atoms with E-state index < -0.39 is 0 Å². The molecule has 4 rings (SSSR count). The fraction of sp³-hybridized carbons (Fsp3) is 0.400. The van der Waals surface area contributed by atoms with Crippen LogP contribution >= 0.6 is 11.6 Å². The molecular formula is C25H29ClN4O3. The third kappa shape index (κ3) is 6.33. The van der Waals surface area contributed by atoms with E-state index >= 15 is 0 Å². The van der Waals surface area contributed by atoms with Crippen molar-refractivity contribution >= 4 is 17.5 Å². The average molecular weight is 469 g/mol. The number of aryl methyl sites for hydroxylation is 1. The quantitative estimate of drug-likeness (QED) is 0.524. The van der Waals surface area contributed by atoms with Crippen LogP contribution in [0.3, 0.4) is 0 Å². The van der Waals surface area contributed by atoms with Crippen LogP contribution in [0.25, 0.3) is 11.4 Å². The molecule has 1 aromatic heterocycles. The molecule has 2 atom stereocenters. The number of likely N-dealkylation sites (tertiary alicyclic amines) is 1. The van der Waals surface area contributed by atoms with Crippen molar-refractivity contribution in [3.8, 4) is 17.1 Å². The van der Waals surface area contributed by atoms with E-state index in [-0.39, 0.29) is 17.9 Å². The summed E-state index contributed by atoms with van der Waals surface area (Å²) in [5, 5.41) is 7.84. The topological polar surface area (TPSA) is 80.5 Å². The van der Waals surface area contributed by atoms with Crippen LogP contribution in [-0.4, -0.2) is 46.7 Å². The number of carbonyl (C=O) groups excluding carboxylic acids is 1. The fourth-order valence-corrected chi connectivity index (χ4v) is 4.10. The molecular weight excluding hydrogens is 440 g/mol. The Morgan fingerprint density at radius 3 is 2.85 bits per heavy atom. The summed E-state index contributed by atoms with van der Waals surface area (Å²) in [6, 6.07) is 15.1. The minimum Gasteiger partial charge on any atom is -0.491 e. The zero-order chi connectivity index (χ0) is 23.2. The number of aromatic nitrogens is 2. The maximum Gasteiger partial charge on any atom is 0.241 e. The number of rotatable bonds is 8. The first kappa shape index (κ1) is 23.3. The van der Waals surface area contributed by atoms with E-state index in [0.717, 1.165) is 36.3 Å². The molecule has 174 valence electrons. The lowest BCUT2D eigenvalue weighted by Crippen LogP contribution is -2.46. The van der Waals surface area contributed by atoms with Gasteiger partial charge in [-0.3, -0.25) is 9.69 Å². The van der Waals surface area contributed by atoms with E-state index in [2.05, 4.69) is 20.4 Å². The van der Waals surface area contributed by atoms with Gasteiger partial charge in [-0.05, 0) is 69.1 Å². The molecule has 2 heterocycles. The average Bonchev–Trinajstić information content (AvgIpc) is 3.27. The zero-order valence-electron chi connectivity index (χ0n) is 19.0. The van der Waals surface area contributed by atoms with E-state index in [1.165, 1.54) is 0 Å². The van der Waals surface area contributed by atoms with Crippen molar-refractivity contribution in [2.45, 2.75) is 39.3 Å². The molecule has 33 heavy (non-hydrogen) atoms. The highest BCUT2D eigenvalue weighted by molar-refractivity contribution is 6.30. The van der Waals surface area contributed by atoms with Crippen molar-refractivity contribution in [3.63, 3.8) is 0 Å². The Morgan fingerprint density at radius 2 is 2.06 bits per heavy atom. The number of nitrogens with one attached hydrogen (secondary N) is 1. The van der Waals surface area contributed by atoms with Gasteiger partial charge in [-0.2, -0.15) is 4.98 Å². The van der Waals surface area contributed by atoms with Crippen molar-refractivity contribution in [3.05, 3.63) is 65.0 Å². The molecule has 0 spiro atoms. The SMILES string of the molecule is Cc1ccccc1OCC(C)NC(=O)C1CCCN(Cc2nc(-c3ccc(Cl)cc3)no2)C1. The number of para-hydroxylation sites is 1. The second-order valence-corrected chi connectivity index (χ2v) is 9.02. The van der Waals surface area contributed by atoms with Gasteiger partial charge in [-0.15, -0.1) is 0 Å². The number of piperidine rings is 1. The van der Waals surface area contributed by atoms with Crippen molar-refractivity contribution in [2.75, 3.05) is 19.7 Å². The van der Waals surface area contributed by atoms with Gasteiger partial charge in [0.25, 0.3) is 0 Å². The van der Waals surface area contributed by atoms with Crippen LogP contribution in [0.2, 0.25) is 5.02 Å². The highest BCUT2D eigenvalue weighted by Gasteiger charge is 2.27. The van der Waals surface area contributed by atoms with Crippen LogP contribution < -0.4 is 10.1 Å². The number of carbonyl (C=O) groups is 1. The first-order valence-corrected chi connectivity index (χ1v) is 11.7. The van der Waals surface area contributed by atoms with E-state index in [0.29, 0.717) is 36.4 Å². The number of benzene rings is 2. The second kappa shape index (κ2) is 10.8. The van der Waals surface area contributed by atoms with Gasteiger partial charge in [0.15, 0.2) is 0 Å². The van der Waals surface area contributed by atoms with Gasteiger partial charge in [0.05, 0.1) is 18.5 Å². The number of hydrogen-bond acceptors (Lipinski definition) is 6. The number of halogens is 1. The van der Waals surface area contributed by atoms with Gasteiger partial charge in [-0.1, -0.05) is 35.0 Å². The first-order valence-electron chi connectivity index (χ1n) is 11.3. The predicted octanol–water partition coefficient (Wildman–Crippen LogP) is 4.49. The predicted molar refractivity (Wildman–Crippen MR) is 127 cm³/mol. The summed E-state index contributed by atoms with van der Waals surface area (Å²) >= 11 is 5.95. The largest absolute Gasteiger partial charge is 0.491 e. The maximum atomic E-state index is 12.8. The molecule has 2 aromatic carbocycles. The van der Waals surface area contributed by atoms with Crippen LogP contribution in [0.15, 0.2) is 53.1 Å². The normalized spacial score (nSPS) is 17.5. The second-order valence-electron chi connectivity index (χ2n) is 8.58. The molecule has 1 N–H and O–H groups in total. The highest BCUT2D eigenvalue weighted by atomic mass is 35.5. The Kier molecular flexibility index (Phi) is 7.62. The Labute approximate surface area is 199 Å². The van der Waals surface area contributed by atoms with Crippen LogP contribution in [0.4, 0.5) is 0 Å². The van der Waals surface area contributed by atoms with Gasteiger partial charge in [0.2, 0.25) is 17.6 Å². The third-order valence-corrected chi connectivity index (χ3v) is 6.03. The fourth-order valence-electron chi connectivity index (χ4n) is 3.98. The molecule has 3 aromatic rings. The molecule has 1 amide bonds. The maximum absolute atomic E-state index is 12.8. The summed E-state index contributed by atoms with van der Waals surface area (Å²) in [5.74, 6) is 1.92. The monoisotopic (exact) mass is 468 g/mol. The van der Waals surface area contributed by atoms with Gasteiger partial charge in [-0.25, -0.2) is 0 Å². The van der Waals surface area contributed by atoms with Crippen LogP contribution in [0.1, 0.15) is 31.2 Å². The summed E-state index contributed by atoms with van der Waals surface area (Å²) in [5.41, 5.74) is 1.94. The molecule has 1 saturated heterocycles. The van der Waals surface area contributed by atoms with E-state index in [4.69, 9.17) is 20.9 Å². The molecule has 1 aliphatic rings. The lowest BCUT2D eigenvalue weighted by Gasteiger charge is -2.31. The summed E-state index contributed by atoms with van der Waals surface area (Å²) in [7, 11) is 0. The molecule has 8 heteroatoms. The third-order valence-electron chi connectivity index (χ3n) is 5.78. The summed E-state index contributed by atoms with van der Waals surface area (Å²) < 4.78 is 11.3. The van der Waals surface area contributed by atoms with Gasteiger partial charge in [0.1, 0.15) is 12.4 Å². The van der Waals surface area contributed by atoms with Gasteiger partial charge < -0.3 is 14.6 Å². The summed E-state index contributed by atoms with van der Waals surface area (Å²) in [4.78, 5) is 19.5. The molecule has 0 saturated carbocycles. The molecule has 1 aliphatic heterocycles. The van der Waals surface area contributed by atoms with E-state index in [1.54, 1.807) is 12.1 Å². The smallest absolute Gasteiger partial charge is 0.241 e. The minimum atomic E-state index is -0.0784. The number of amides is 1. The van der Waals surface area contributed by atoms with Crippen molar-refractivity contribution < 1.29 is 14.1 Å². The van der Waals surface area contributed by atoms with E-state index in [9.17, 15) is 4.79 Å². The molecule has 0 aliphatic carbocycles. The van der Waals surface area contributed by atoms with Gasteiger partial charge in [0, 0.05) is 17.1 Å². The number of ether oxygens (including phenoxy) is 1.